The summed E-state index contributed by atoms with van der Waals surface area (Å²) in [6.07, 6.45) is 2.15. The second kappa shape index (κ2) is 6.35. The van der Waals surface area contributed by atoms with Crippen molar-refractivity contribution in [2.24, 2.45) is 11.1 Å². The minimum Gasteiger partial charge on any atom is -0.383 e. The highest BCUT2D eigenvalue weighted by Gasteiger charge is 2.30. The van der Waals surface area contributed by atoms with Crippen LogP contribution in [-0.2, 0) is 9.47 Å². The van der Waals surface area contributed by atoms with Crippen LogP contribution in [0.2, 0.25) is 0 Å². The summed E-state index contributed by atoms with van der Waals surface area (Å²) in [6, 6.07) is 0. The molecule has 4 nitrogen and oxygen atoms in total. The van der Waals surface area contributed by atoms with Gasteiger partial charge in [-0.3, -0.25) is 0 Å². The van der Waals surface area contributed by atoms with Crippen LogP contribution in [0.15, 0.2) is 0 Å². The van der Waals surface area contributed by atoms with E-state index in [4.69, 9.17) is 15.2 Å². The molecule has 4 heteroatoms. The van der Waals surface area contributed by atoms with E-state index in [1.165, 1.54) is 0 Å². The van der Waals surface area contributed by atoms with E-state index in [2.05, 4.69) is 5.32 Å². The summed E-state index contributed by atoms with van der Waals surface area (Å²) in [5, 5.41) is 3.39. The molecule has 0 atom stereocenters. The quantitative estimate of drug-likeness (QED) is 0.594. The third-order valence-corrected chi connectivity index (χ3v) is 2.97. The highest BCUT2D eigenvalue weighted by molar-refractivity contribution is 4.84. The van der Waals surface area contributed by atoms with E-state index in [0.717, 1.165) is 52.3 Å². The van der Waals surface area contributed by atoms with Gasteiger partial charge in [-0.15, -0.1) is 0 Å². The van der Waals surface area contributed by atoms with E-state index in [-0.39, 0.29) is 5.41 Å². The molecule has 0 aliphatic carbocycles. The molecule has 1 aliphatic rings. The molecule has 0 aromatic rings. The molecule has 1 heterocycles. The van der Waals surface area contributed by atoms with Gasteiger partial charge in [-0.1, -0.05) is 0 Å². The normalized spacial score (nSPS) is 21.0. The van der Waals surface area contributed by atoms with Crippen LogP contribution in [0.1, 0.15) is 12.8 Å². The van der Waals surface area contributed by atoms with Gasteiger partial charge in [-0.2, -0.15) is 0 Å². The highest BCUT2D eigenvalue weighted by atomic mass is 16.5. The first kappa shape index (κ1) is 11.9. The minimum atomic E-state index is 0.256. The molecular weight excluding hydrogens is 180 g/mol. The largest absolute Gasteiger partial charge is 0.383 e. The molecule has 0 aromatic carbocycles. The Kier molecular flexibility index (Phi) is 5.40. The maximum atomic E-state index is 5.83. The lowest BCUT2D eigenvalue weighted by molar-refractivity contribution is 0.0186. The summed E-state index contributed by atoms with van der Waals surface area (Å²) in [7, 11) is 1.72. The number of nitrogens with one attached hydrogen (secondary N) is 1. The zero-order valence-electron chi connectivity index (χ0n) is 9.05. The molecule has 14 heavy (non-hydrogen) atoms. The smallest absolute Gasteiger partial charge is 0.0587 e. The fourth-order valence-corrected chi connectivity index (χ4v) is 1.79. The van der Waals surface area contributed by atoms with E-state index >= 15 is 0 Å². The lowest BCUT2D eigenvalue weighted by Gasteiger charge is -2.36. The number of rotatable bonds is 6. The van der Waals surface area contributed by atoms with Gasteiger partial charge in [0.2, 0.25) is 0 Å². The van der Waals surface area contributed by atoms with Gasteiger partial charge in [-0.05, 0) is 24.8 Å². The Hall–Kier alpha value is -0.160. The first-order valence-corrected chi connectivity index (χ1v) is 5.30. The van der Waals surface area contributed by atoms with Crippen LogP contribution in [-0.4, -0.2) is 46.6 Å². The number of methoxy groups -OCH3 is 1. The van der Waals surface area contributed by atoms with Crippen LogP contribution in [0, 0.1) is 5.41 Å². The average Bonchev–Trinajstić information content (AvgIpc) is 2.26. The van der Waals surface area contributed by atoms with Gasteiger partial charge in [0.05, 0.1) is 6.61 Å². The molecule has 1 saturated heterocycles. The van der Waals surface area contributed by atoms with Gasteiger partial charge in [0.15, 0.2) is 0 Å². The first-order chi connectivity index (χ1) is 6.83. The average molecular weight is 202 g/mol. The van der Waals surface area contributed by atoms with Crippen molar-refractivity contribution >= 4 is 0 Å². The Bertz CT molecular complexity index is 147. The summed E-state index contributed by atoms with van der Waals surface area (Å²) in [4.78, 5) is 0. The third kappa shape index (κ3) is 3.53. The lowest BCUT2D eigenvalue weighted by Crippen LogP contribution is -2.45. The van der Waals surface area contributed by atoms with Crippen molar-refractivity contribution in [2.75, 3.05) is 46.6 Å². The Balaban J connectivity index is 2.22. The van der Waals surface area contributed by atoms with Gasteiger partial charge >= 0.3 is 0 Å². The van der Waals surface area contributed by atoms with E-state index in [9.17, 15) is 0 Å². The summed E-state index contributed by atoms with van der Waals surface area (Å²) in [6.45, 7) is 5.09. The van der Waals surface area contributed by atoms with Crippen molar-refractivity contribution in [3.05, 3.63) is 0 Å². The second-order valence-corrected chi connectivity index (χ2v) is 3.99. The van der Waals surface area contributed by atoms with Crippen LogP contribution < -0.4 is 11.1 Å². The minimum absolute atomic E-state index is 0.256. The van der Waals surface area contributed by atoms with Crippen molar-refractivity contribution in [2.45, 2.75) is 12.8 Å². The van der Waals surface area contributed by atoms with Gasteiger partial charge < -0.3 is 20.5 Å². The number of ether oxygens (including phenoxy) is 2. The maximum absolute atomic E-state index is 5.83. The van der Waals surface area contributed by atoms with Gasteiger partial charge in [0.1, 0.15) is 0 Å². The molecule has 1 fully saturated rings. The van der Waals surface area contributed by atoms with Crippen LogP contribution >= 0.6 is 0 Å². The third-order valence-electron chi connectivity index (χ3n) is 2.97. The number of hydrogen-bond donors (Lipinski definition) is 2. The number of nitrogens with two attached hydrogens (primary N) is 1. The Labute approximate surface area is 86.1 Å². The van der Waals surface area contributed by atoms with Crippen LogP contribution in [0.25, 0.3) is 0 Å². The predicted octanol–water partition coefficient (Wildman–Crippen LogP) is -0.0221. The van der Waals surface area contributed by atoms with Crippen molar-refractivity contribution in [1.82, 2.24) is 5.32 Å². The fourth-order valence-electron chi connectivity index (χ4n) is 1.79. The predicted molar refractivity (Wildman–Crippen MR) is 56.3 cm³/mol. The molecule has 0 spiro atoms. The van der Waals surface area contributed by atoms with Crippen molar-refractivity contribution in [3.8, 4) is 0 Å². The van der Waals surface area contributed by atoms with E-state index < -0.39 is 0 Å². The molecule has 0 aromatic heterocycles. The molecule has 84 valence electrons. The summed E-state index contributed by atoms with van der Waals surface area (Å²) in [5.74, 6) is 0. The Morgan fingerprint density at radius 2 is 2.14 bits per heavy atom. The first-order valence-electron chi connectivity index (χ1n) is 5.30. The monoisotopic (exact) mass is 202 g/mol. The standard InChI is InChI=1S/C10H22N2O2/c1-13-7-4-12-9-10(8-11)2-5-14-6-3-10/h12H,2-9,11H2,1H3. The zero-order valence-corrected chi connectivity index (χ0v) is 9.05. The van der Waals surface area contributed by atoms with E-state index in [1.807, 2.05) is 0 Å². The molecule has 0 saturated carbocycles. The molecule has 0 amide bonds. The van der Waals surface area contributed by atoms with E-state index in [0.29, 0.717) is 0 Å². The molecular formula is C10H22N2O2. The summed E-state index contributed by atoms with van der Waals surface area (Å²) >= 11 is 0. The van der Waals surface area contributed by atoms with Crippen LogP contribution in [0.3, 0.4) is 0 Å². The maximum Gasteiger partial charge on any atom is 0.0587 e. The topological polar surface area (TPSA) is 56.5 Å². The highest BCUT2D eigenvalue weighted by Crippen LogP contribution is 2.28. The number of hydrogen-bond acceptors (Lipinski definition) is 4. The summed E-state index contributed by atoms with van der Waals surface area (Å²) < 4.78 is 10.3. The van der Waals surface area contributed by atoms with Crippen molar-refractivity contribution in [1.29, 1.82) is 0 Å². The Morgan fingerprint density at radius 1 is 1.43 bits per heavy atom. The fraction of sp³-hybridized carbons (Fsp3) is 1.00. The lowest BCUT2D eigenvalue weighted by atomic mass is 9.80. The van der Waals surface area contributed by atoms with E-state index in [1.54, 1.807) is 7.11 Å². The van der Waals surface area contributed by atoms with Crippen LogP contribution in [0.5, 0.6) is 0 Å². The van der Waals surface area contributed by atoms with Crippen molar-refractivity contribution in [3.63, 3.8) is 0 Å². The van der Waals surface area contributed by atoms with Gasteiger partial charge in [0, 0.05) is 33.4 Å². The zero-order chi connectivity index (χ0) is 10.3. The summed E-state index contributed by atoms with van der Waals surface area (Å²) in [5.41, 5.74) is 6.08. The molecule has 1 aliphatic heterocycles. The second-order valence-electron chi connectivity index (χ2n) is 3.99. The molecule has 3 N–H and O–H groups in total. The Morgan fingerprint density at radius 3 is 2.71 bits per heavy atom. The molecule has 0 unspecified atom stereocenters. The van der Waals surface area contributed by atoms with Crippen molar-refractivity contribution < 1.29 is 9.47 Å². The molecule has 0 bridgehead atoms. The SMILES string of the molecule is COCCNCC1(CN)CCOCC1. The van der Waals surface area contributed by atoms with Gasteiger partial charge in [-0.25, -0.2) is 0 Å². The van der Waals surface area contributed by atoms with Gasteiger partial charge in [0.25, 0.3) is 0 Å². The van der Waals surface area contributed by atoms with Crippen LogP contribution in [0.4, 0.5) is 0 Å². The molecule has 0 radical (unpaired) electrons. The molecule has 1 rings (SSSR count).